The van der Waals surface area contributed by atoms with E-state index in [4.69, 9.17) is 0 Å². The van der Waals surface area contributed by atoms with Gasteiger partial charge in [-0.1, -0.05) is 12.1 Å². The number of hydrogen-bond donors (Lipinski definition) is 0. The van der Waals surface area contributed by atoms with Gasteiger partial charge in [0.15, 0.2) is 0 Å². The van der Waals surface area contributed by atoms with Crippen molar-refractivity contribution in [3.05, 3.63) is 54.1 Å². The Labute approximate surface area is 111 Å². The van der Waals surface area contributed by atoms with Crippen molar-refractivity contribution in [3.63, 3.8) is 0 Å². The molecule has 3 heteroatoms. The monoisotopic (exact) mass is 259 g/mol. The first-order valence-electron chi connectivity index (χ1n) is 6.54. The third-order valence-electron chi connectivity index (χ3n) is 3.53. The summed E-state index contributed by atoms with van der Waals surface area (Å²) in [6.07, 6.45) is 2.47. The first kappa shape index (κ1) is 12.2. The van der Waals surface area contributed by atoms with E-state index in [2.05, 4.69) is 4.90 Å². The largest absolute Gasteiger partial charge is 0.372 e. The van der Waals surface area contributed by atoms with E-state index in [9.17, 15) is 8.78 Å². The van der Waals surface area contributed by atoms with Gasteiger partial charge in [-0.2, -0.15) is 0 Å². The smallest absolute Gasteiger partial charge is 0.126 e. The lowest BCUT2D eigenvalue weighted by atomic mass is 10.0. The lowest BCUT2D eigenvalue weighted by Gasteiger charge is -2.17. The molecule has 19 heavy (non-hydrogen) atoms. The van der Waals surface area contributed by atoms with Crippen LogP contribution in [0.2, 0.25) is 0 Å². The van der Waals surface area contributed by atoms with Crippen LogP contribution in [0, 0.1) is 11.6 Å². The number of rotatable bonds is 2. The van der Waals surface area contributed by atoms with E-state index in [0.29, 0.717) is 5.56 Å². The van der Waals surface area contributed by atoms with Crippen molar-refractivity contribution in [2.75, 3.05) is 18.0 Å². The number of anilines is 1. The summed E-state index contributed by atoms with van der Waals surface area (Å²) in [6, 6.07) is 11.5. The van der Waals surface area contributed by atoms with Crippen LogP contribution in [0.3, 0.4) is 0 Å². The second kappa shape index (κ2) is 5.00. The molecule has 0 aromatic heterocycles. The molecule has 0 spiro atoms. The van der Waals surface area contributed by atoms with Gasteiger partial charge in [-0.15, -0.1) is 0 Å². The lowest BCUT2D eigenvalue weighted by molar-refractivity contribution is 0.584. The van der Waals surface area contributed by atoms with Crippen LogP contribution in [0.15, 0.2) is 42.5 Å². The van der Waals surface area contributed by atoms with Crippen LogP contribution in [0.4, 0.5) is 14.5 Å². The molecule has 1 aliphatic rings. The summed E-state index contributed by atoms with van der Waals surface area (Å²) in [5.41, 5.74) is 2.59. The van der Waals surface area contributed by atoms with Crippen LogP contribution >= 0.6 is 0 Å². The lowest BCUT2D eigenvalue weighted by Crippen LogP contribution is -2.17. The van der Waals surface area contributed by atoms with E-state index in [0.717, 1.165) is 24.7 Å². The Morgan fingerprint density at radius 3 is 1.89 bits per heavy atom. The number of benzene rings is 2. The summed E-state index contributed by atoms with van der Waals surface area (Å²) in [6.45, 7) is 2.18. The summed E-state index contributed by atoms with van der Waals surface area (Å²) in [5.74, 6) is -1.09. The second-order valence-corrected chi connectivity index (χ2v) is 4.90. The zero-order valence-electron chi connectivity index (χ0n) is 10.6. The molecule has 3 rings (SSSR count). The summed E-state index contributed by atoms with van der Waals surface area (Å²) in [5, 5.41) is 0. The molecular weight excluding hydrogens is 244 g/mol. The van der Waals surface area contributed by atoms with Crippen molar-refractivity contribution in [3.8, 4) is 11.1 Å². The average Bonchev–Trinajstić information content (AvgIpc) is 2.91. The molecule has 1 aliphatic heterocycles. The Kier molecular flexibility index (Phi) is 3.20. The Balaban J connectivity index is 1.89. The Morgan fingerprint density at radius 1 is 0.737 bits per heavy atom. The van der Waals surface area contributed by atoms with Gasteiger partial charge in [0, 0.05) is 24.8 Å². The molecule has 2 aromatic carbocycles. The molecule has 98 valence electrons. The molecule has 0 saturated carbocycles. The quantitative estimate of drug-likeness (QED) is 0.780. The predicted octanol–water partition coefficient (Wildman–Crippen LogP) is 4.23. The normalized spacial score (nSPS) is 14.9. The first-order chi connectivity index (χ1) is 9.22. The van der Waals surface area contributed by atoms with Crippen molar-refractivity contribution in [2.45, 2.75) is 12.8 Å². The SMILES string of the molecule is Fc1cc(F)cc(-c2ccc(N3CCCC3)cc2)c1. The minimum Gasteiger partial charge on any atom is -0.372 e. The van der Waals surface area contributed by atoms with E-state index in [1.165, 1.54) is 30.7 Å². The van der Waals surface area contributed by atoms with Gasteiger partial charge in [0.05, 0.1) is 0 Å². The highest BCUT2D eigenvalue weighted by molar-refractivity contribution is 5.66. The van der Waals surface area contributed by atoms with Crippen LogP contribution in [-0.2, 0) is 0 Å². The maximum atomic E-state index is 13.2. The zero-order chi connectivity index (χ0) is 13.2. The van der Waals surface area contributed by atoms with E-state index in [1.54, 1.807) is 0 Å². The summed E-state index contributed by atoms with van der Waals surface area (Å²) in [4.78, 5) is 2.33. The maximum Gasteiger partial charge on any atom is 0.126 e. The van der Waals surface area contributed by atoms with E-state index in [-0.39, 0.29) is 0 Å². The Hall–Kier alpha value is -1.90. The molecule has 0 amide bonds. The van der Waals surface area contributed by atoms with Gasteiger partial charge in [0.1, 0.15) is 11.6 Å². The van der Waals surface area contributed by atoms with Gasteiger partial charge in [-0.05, 0) is 48.2 Å². The van der Waals surface area contributed by atoms with Crippen molar-refractivity contribution in [1.29, 1.82) is 0 Å². The molecule has 0 atom stereocenters. The number of nitrogens with zero attached hydrogens (tertiary/aromatic N) is 1. The Morgan fingerprint density at radius 2 is 1.32 bits per heavy atom. The van der Waals surface area contributed by atoms with Gasteiger partial charge in [-0.25, -0.2) is 8.78 Å². The average molecular weight is 259 g/mol. The van der Waals surface area contributed by atoms with Gasteiger partial charge >= 0.3 is 0 Å². The van der Waals surface area contributed by atoms with E-state index < -0.39 is 11.6 Å². The molecule has 0 radical (unpaired) electrons. The highest BCUT2D eigenvalue weighted by atomic mass is 19.1. The fourth-order valence-corrected chi connectivity index (χ4v) is 2.56. The fourth-order valence-electron chi connectivity index (χ4n) is 2.56. The Bertz CT molecular complexity index is 552. The molecule has 0 bridgehead atoms. The van der Waals surface area contributed by atoms with Gasteiger partial charge in [0.25, 0.3) is 0 Å². The van der Waals surface area contributed by atoms with Crippen LogP contribution < -0.4 is 4.90 Å². The number of halogens is 2. The predicted molar refractivity (Wildman–Crippen MR) is 73.2 cm³/mol. The maximum absolute atomic E-state index is 13.2. The molecule has 1 nitrogen and oxygen atoms in total. The van der Waals surface area contributed by atoms with Gasteiger partial charge in [-0.3, -0.25) is 0 Å². The van der Waals surface area contributed by atoms with Crippen LogP contribution in [0.25, 0.3) is 11.1 Å². The minimum absolute atomic E-state index is 0.543. The van der Waals surface area contributed by atoms with Crippen LogP contribution in [0.5, 0.6) is 0 Å². The van der Waals surface area contributed by atoms with Gasteiger partial charge < -0.3 is 4.90 Å². The third kappa shape index (κ3) is 2.60. The van der Waals surface area contributed by atoms with Crippen molar-refractivity contribution >= 4 is 5.69 Å². The molecule has 0 unspecified atom stereocenters. The first-order valence-corrected chi connectivity index (χ1v) is 6.54. The molecule has 1 fully saturated rings. The van der Waals surface area contributed by atoms with Crippen molar-refractivity contribution in [1.82, 2.24) is 0 Å². The number of hydrogen-bond acceptors (Lipinski definition) is 1. The summed E-state index contributed by atoms with van der Waals surface area (Å²) < 4.78 is 26.4. The van der Waals surface area contributed by atoms with Crippen LogP contribution in [-0.4, -0.2) is 13.1 Å². The van der Waals surface area contributed by atoms with Crippen LogP contribution in [0.1, 0.15) is 12.8 Å². The van der Waals surface area contributed by atoms with E-state index in [1.807, 2.05) is 24.3 Å². The third-order valence-corrected chi connectivity index (χ3v) is 3.53. The van der Waals surface area contributed by atoms with Crippen molar-refractivity contribution in [2.24, 2.45) is 0 Å². The minimum atomic E-state index is -0.543. The molecule has 1 saturated heterocycles. The molecule has 0 aliphatic carbocycles. The van der Waals surface area contributed by atoms with Crippen molar-refractivity contribution < 1.29 is 8.78 Å². The highest BCUT2D eigenvalue weighted by Crippen LogP contribution is 2.26. The molecule has 0 N–H and O–H groups in total. The fraction of sp³-hybridized carbons (Fsp3) is 0.250. The molecule has 2 aromatic rings. The molecular formula is C16H15F2N. The summed E-state index contributed by atoms with van der Waals surface area (Å²) in [7, 11) is 0. The standard InChI is InChI=1S/C16H15F2N/c17-14-9-13(10-15(18)11-14)12-3-5-16(6-4-12)19-7-1-2-8-19/h3-6,9-11H,1-2,7-8H2. The highest BCUT2D eigenvalue weighted by Gasteiger charge is 2.12. The van der Waals surface area contributed by atoms with Gasteiger partial charge in [0.2, 0.25) is 0 Å². The molecule has 1 heterocycles. The second-order valence-electron chi connectivity index (χ2n) is 4.90. The zero-order valence-corrected chi connectivity index (χ0v) is 10.6. The van der Waals surface area contributed by atoms with E-state index >= 15 is 0 Å². The topological polar surface area (TPSA) is 3.24 Å². The summed E-state index contributed by atoms with van der Waals surface area (Å²) >= 11 is 0.